The average molecular weight is 237 g/mol. The maximum Gasteiger partial charge on any atom is 0.322 e. The summed E-state index contributed by atoms with van der Waals surface area (Å²) in [5, 5.41) is 36.8. The van der Waals surface area contributed by atoms with Crippen molar-refractivity contribution in [2.75, 3.05) is 13.2 Å². The molecule has 0 aromatic rings. The molecular formula is C8H15NO7. The van der Waals surface area contributed by atoms with E-state index >= 15 is 0 Å². The SMILES string of the molecule is NCC(=O)OC1OC(C(O)CO)C(O)C1O. The van der Waals surface area contributed by atoms with E-state index in [1.165, 1.54) is 0 Å². The Morgan fingerprint density at radius 2 is 2.06 bits per heavy atom. The molecular weight excluding hydrogens is 222 g/mol. The van der Waals surface area contributed by atoms with Crippen molar-refractivity contribution in [1.29, 1.82) is 0 Å². The third-order valence-corrected chi connectivity index (χ3v) is 2.24. The van der Waals surface area contributed by atoms with Crippen LogP contribution >= 0.6 is 0 Å². The zero-order chi connectivity index (χ0) is 12.3. The van der Waals surface area contributed by atoms with Crippen LogP contribution in [0.4, 0.5) is 0 Å². The van der Waals surface area contributed by atoms with E-state index in [9.17, 15) is 20.1 Å². The van der Waals surface area contributed by atoms with Gasteiger partial charge in [-0.1, -0.05) is 0 Å². The number of hydrogen-bond acceptors (Lipinski definition) is 8. The topological polar surface area (TPSA) is 142 Å². The highest BCUT2D eigenvalue weighted by Crippen LogP contribution is 2.24. The molecule has 0 aliphatic carbocycles. The molecule has 5 atom stereocenters. The first-order valence-electron chi connectivity index (χ1n) is 4.71. The van der Waals surface area contributed by atoms with Crippen molar-refractivity contribution in [2.45, 2.75) is 30.7 Å². The summed E-state index contributed by atoms with van der Waals surface area (Å²) in [6.45, 7) is -1.04. The summed E-state index contributed by atoms with van der Waals surface area (Å²) in [4.78, 5) is 10.8. The molecule has 0 aromatic heterocycles. The van der Waals surface area contributed by atoms with Gasteiger partial charge in [0.15, 0.2) is 0 Å². The van der Waals surface area contributed by atoms with E-state index < -0.39 is 49.8 Å². The number of nitrogens with two attached hydrogens (primary N) is 1. The summed E-state index contributed by atoms with van der Waals surface area (Å²) in [7, 11) is 0. The highest BCUT2D eigenvalue weighted by molar-refractivity contribution is 5.71. The molecule has 0 bridgehead atoms. The molecule has 6 N–H and O–H groups in total. The van der Waals surface area contributed by atoms with Gasteiger partial charge in [-0.2, -0.15) is 0 Å². The first-order chi connectivity index (χ1) is 7.51. The van der Waals surface area contributed by atoms with E-state index in [2.05, 4.69) is 4.74 Å². The number of carbonyl (C=O) groups excluding carboxylic acids is 1. The second-order valence-electron chi connectivity index (χ2n) is 3.39. The molecule has 1 aliphatic heterocycles. The van der Waals surface area contributed by atoms with Crippen LogP contribution in [-0.2, 0) is 14.3 Å². The van der Waals surface area contributed by atoms with Gasteiger partial charge < -0.3 is 35.6 Å². The van der Waals surface area contributed by atoms with Gasteiger partial charge in [0.25, 0.3) is 0 Å². The normalized spacial score (nSPS) is 36.1. The summed E-state index contributed by atoms with van der Waals surface area (Å²) < 4.78 is 9.48. The van der Waals surface area contributed by atoms with Crippen molar-refractivity contribution in [3.05, 3.63) is 0 Å². The lowest BCUT2D eigenvalue weighted by atomic mass is 10.1. The number of aliphatic hydroxyl groups is 4. The quantitative estimate of drug-likeness (QED) is 0.314. The summed E-state index contributed by atoms with van der Waals surface area (Å²) in [5.41, 5.74) is 4.99. The molecule has 0 spiro atoms. The Kier molecular flexibility index (Phi) is 4.59. The van der Waals surface area contributed by atoms with Gasteiger partial charge in [0.05, 0.1) is 13.2 Å². The molecule has 0 amide bonds. The van der Waals surface area contributed by atoms with Crippen molar-refractivity contribution >= 4 is 5.97 Å². The van der Waals surface area contributed by atoms with Gasteiger partial charge in [0, 0.05) is 0 Å². The van der Waals surface area contributed by atoms with Crippen LogP contribution in [0.2, 0.25) is 0 Å². The summed E-state index contributed by atoms with van der Waals surface area (Å²) in [6, 6.07) is 0. The van der Waals surface area contributed by atoms with E-state index in [4.69, 9.17) is 15.6 Å². The smallest absolute Gasteiger partial charge is 0.322 e. The van der Waals surface area contributed by atoms with Gasteiger partial charge in [-0.15, -0.1) is 0 Å². The predicted molar refractivity (Wildman–Crippen MR) is 48.9 cm³/mol. The Morgan fingerprint density at radius 3 is 2.56 bits per heavy atom. The molecule has 8 nitrogen and oxygen atoms in total. The summed E-state index contributed by atoms with van der Waals surface area (Å²) in [6.07, 6.45) is -6.90. The molecule has 5 unspecified atom stereocenters. The second kappa shape index (κ2) is 5.53. The minimum atomic E-state index is -1.48. The van der Waals surface area contributed by atoms with Crippen molar-refractivity contribution in [1.82, 2.24) is 0 Å². The zero-order valence-corrected chi connectivity index (χ0v) is 8.39. The van der Waals surface area contributed by atoms with Crippen molar-refractivity contribution in [2.24, 2.45) is 5.73 Å². The number of esters is 1. The maximum atomic E-state index is 10.8. The molecule has 94 valence electrons. The van der Waals surface area contributed by atoms with Gasteiger partial charge in [-0.05, 0) is 0 Å². The highest BCUT2D eigenvalue weighted by Gasteiger charge is 2.47. The largest absolute Gasteiger partial charge is 0.432 e. The van der Waals surface area contributed by atoms with E-state index in [1.807, 2.05) is 0 Å². The summed E-state index contributed by atoms with van der Waals surface area (Å²) in [5.74, 6) is -0.810. The Hall–Kier alpha value is -0.770. The standard InChI is InChI=1S/C8H15NO7/c9-1-4(12)15-8-6(14)5(13)7(16-8)3(11)2-10/h3,5-8,10-11,13-14H,1-2,9H2. The van der Waals surface area contributed by atoms with Gasteiger partial charge >= 0.3 is 5.97 Å². The fourth-order valence-corrected chi connectivity index (χ4v) is 1.37. The average Bonchev–Trinajstić information content (AvgIpc) is 2.56. The Labute approximate surface area is 91.2 Å². The van der Waals surface area contributed by atoms with Gasteiger partial charge in [0.2, 0.25) is 6.29 Å². The first-order valence-corrected chi connectivity index (χ1v) is 4.71. The van der Waals surface area contributed by atoms with E-state index in [-0.39, 0.29) is 0 Å². The monoisotopic (exact) mass is 237 g/mol. The molecule has 1 fully saturated rings. The van der Waals surface area contributed by atoms with Crippen LogP contribution in [-0.4, -0.2) is 70.3 Å². The number of aliphatic hydroxyl groups excluding tert-OH is 4. The lowest BCUT2D eigenvalue weighted by molar-refractivity contribution is -0.193. The van der Waals surface area contributed by atoms with E-state index in [1.54, 1.807) is 0 Å². The van der Waals surface area contributed by atoms with Gasteiger partial charge in [-0.25, -0.2) is 0 Å². The fourth-order valence-electron chi connectivity index (χ4n) is 1.37. The number of carbonyl (C=O) groups is 1. The lowest BCUT2D eigenvalue weighted by Gasteiger charge is -2.18. The molecule has 0 radical (unpaired) electrons. The Morgan fingerprint density at radius 1 is 1.44 bits per heavy atom. The van der Waals surface area contributed by atoms with Crippen molar-refractivity contribution in [3.63, 3.8) is 0 Å². The van der Waals surface area contributed by atoms with Gasteiger partial charge in [0.1, 0.15) is 24.4 Å². The first kappa shape index (κ1) is 13.3. The second-order valence-corrected chi connectivity index (χ2v) is 3.39. The molecule has 1 aliphatic rings. The maximum absolute atomic E-state index is 10.8. The molecule has 1 rings (SSSR count). The van der Waals surface area contributed by atoms with E-state index in [0.717, 1.165) is 0 Å². The third kappa shape index (κ3) is 2.67. The number of hydrogen-bond donors (Lipinski definition) is 5. The summed E-state index contributed by atoms with van der Waals surface area (Å²) >= 11 is 0. The molecule has 0 aromatic carbocycles. The fraction of sp³-hybridized carbons (Fsp3) is 0.875. The van der Waals surface area contributed by atoms with Crippen LogP contribution in [0.15, 0.2) is 0 Å². The molecule has 1 saturated heterocycles. The van der Waals surface area contributed by atoms with Crippen LogP contribution in [0.25, 0.3) is 0 Å². The van der Waals surface area contributed by atoms with Crippen LogP contribution in [0, 0.1) is 0 Å². The molecule has 16 heavy (non-hydrogen) atoms. The number of ether oxygens (including phenoxy) is 2. The molecule has 1 heterocycles. The minimum Gasteiger partial charge on any atom is -0.432 e. The predicted octanol–water partition coefficient (Wildman–Crippen LogP) is -3.71. The molecule has 0 saturated carbocycles. The Bertz CT molecular complexity index is 249. The van der Waals surface area contributed by atoms with Crippen LogP contribution < -0.4 is 5.73 Å². The van der Waals surface area contributed by atoms with Crippen LogP contribution in [0.3, 0.4) is 0 Å². The van der Waals surface area contributed by atoms with E-state index in [0.29, 0.717) is 0 Å². The third-order valence-electron chi connectivity index (χ3n) is 2.24. The minimum absolute atomic E-state index is 0.393. The zero-order valence-electron chi connectivity index (χ0n) is 8.39. The lowest BCUT2D eigenvalue weighted by Crippen LogP contribution is -2.40. The van der Waals surface area contributed by atoms with Gasteiger partial charge in [-0.3, -0.25) is 4.79 Å². The Balaban J connectivity index is 2.60. The van der Waals surface area contributed by atoms with Crippen molar-refractivity contribution < 1.29 is 34.7 Å². The van der Waals surface area contributed by atoms with Crippen LogP contribution in [0.1, 0.15) is 0 Å². The van der Waals surface area contributed by atoms with Crippen molar-refractivity contribution in [3.8, 4) is 0 Å². The van der Waals surface area contributed by atoms with Crippen LogP contribution in [0.5, 0.6) is 0 Å². The number of rotatable bonds is 4. The molecule has 8 heteroatoms. The highest BCUT2D eigenvalue weighted by atomic mass is 16.7.